The maximum atomic E-state index is 6.05. The molecule has 2 rings (SSSR count). The first-order valence-electron chi connectivity index (χ1n) is 4.89. The Morgan fingerprint density at radius 2 is 2.21 bits per heavy atom. The van der Waals surface area contributed by atoms with E-state index in [0.29, 0.717) is 0 Å². The third-order valence-corrected chi connectivity index (χ3v) is 3.22. The van der Waals surface area contributed by atoms with Crippen molar-refractivity contribution in [1.82, 2.24) is 9.97 Å². The minimum Gasteiger partial charge on any atom is -0.324 e. The van der Waals surface area contributed by atoms with Crippen molar-refractivity contribution in [2.24, 2.45) is 5.73 Å². The highest BCUT2D eigenvalue weighted by Crippen LogP contribution is 2.29. The van der Waals surface area contributed by atoms with Crippen LogP contribution >= 0.6 is 11.8 Å². The molecule has 0 saturated heterocycles. The van der Waals surface area contributed by atoms with Crippen LogP contribution in [0.5, 0.6) is 0 Å². The summed E-state index contributed by atoms with van der Waals surface area (Å²) in [4.78, 5) is 8.94. The van der Waals surface area contributed by atoms with Gasteiger partial charge in [-0.3, -0.25) is 0 Å². The number of aromatic nitrogens is 2. The monoisotopic (exact) mass is 209 g/mol. The second-order valence-corrected chi connectivity index (χ2v) is 4.43. The van der Waals surface area contributed by atoms with Crippen molar-refractivity contribution in [3.05, 3.63) is 17.0 Å². The Kier molecular flexibility index (Phi) is 2.74. The molecule has 1 heterocycles. The highest BCUT2D eigenvalue weighted by molar-refractivity contribution is 7.98. The number of hydrogen-bond acceptors (Lipinski definition) is 4. The van der Waals surface area contributed by atoms with Gasteiger partial charge in [0.25, 0.3) is 0 Å². The van der Waals surface area contributed by atoms with Crippen LogP contribution in [0.3, 0.4) is 0 Å². The molecule has 1 aromatic rings. The first kappa shape index (κ1) is 9.93. The number of fused-ring (bicyclic) bond motifs is 1. The van der Waals surface area contributed by atoms with E-state index in [1.807, 2.05) is 13.2 Å². The summed E-state index contributed by atoms with van der Waals surface area (Å²) in [5.74, 6) is 0. The van der Waals surface area contributed by atoms with Gasteiger partial charge in [-0.05, 0) is 32.4 Å². The standard InChI is InChI=1S/C10H15N3S/c1-6-9-7(11)4-3-5-8(9)13-10(12-6)14-2/h7H,3-5,11H2,1-2H3. The minimum atomic E-state index is 0.148. The summed E-state index contributed by atoms with van der Waals surface area (Å²) >= 11 is 1.59. The molecule has 0 spiro atoms. The van der Waals surface area contributed by atoms with Crippen LogP contribution in [0.1, 0.15) is 35.8 Å². The van der Waals surface area contributed by atoms with E-state index < -0.39 is 0 Å². The van der Waals surface area contributed by atoms with E-state index in [4.69, 9.17) is 5.73 Å². The van der Waals surface area contributed by atoms with Gasteiger partial charge in [0.15, 0.2) is 5.16 Å². The molecular weight excluding hydrogens is 194 g/mol. The molecule has 1 atom stereocenters. The lowest BCUT2D eigenvalue weighted by atomic mass is 9.91. The Balaban J connectivity index is 2.51. The first-order valence-corrected chi connectivity index (χ1v) is 6.12. The van der Waals surface area contributed by atoms with Crippen LogP contribution in [0.15, 0.2) is 5.16 Å². The molecular formula is C10H15N3S. The molecule has 0 amide bonds. The van der Waals surface area contributed by atoms with E-state index in [9.17, 15) is 0 Å². The second kappa shape index (κ2) is 3.87. The fourth-order valence-corrected chi connectivity index (χ4v) is 2.44. The number of nitrogens with zero attached hydrogens (tertiary/aromatic N) is 2. The predicted molar refractivity (Wildman–Crippen MR) is 58.4 cm³/mol. The van der Waals surface area contributed by atoms with Crippen molar-refractivity contribution in [1.29, 1.82) is 0 Å². The molecule has 0 radical (unpaired) electrons. The smallest absolute Gasteiger partial charge is 0.187 e. The molecule has 1 aromatic heterocycles. The number of thioether (sulfide) groups is 1. The highest BCUT2D eigenvalue weighted by atomic mass is 32.2. The molecule has 1 aliphatic carbocycles. The molecule has 2 N–H and O–H groups in total. The van der Waals surface area contributed by atoms with Crippen LogP contribution in [-0.2, 0) is 6.42 Å². The maximum Gasteiger partial charge on any atom is 0.187 e. The van der Waals surface area contributed by atoms with E-state index in [1.54, 1.807) is 11.8 Å². The van der Waals surface area contributed by atoms with Crippen molar-refractivity contribution in [3.8, 4) is 0 Å². The van der Waals surface area contributed by atoms with Gasteiger partial charge in [0, 0.05) is 17.3 Å². The van der Waals surface area contributed by atoms with E-state index in [1.165, 1.54) is 11.3 Å². The van der Waals surface area contributed by atoms with Crippen LogP contribution in [0.25, 0.3) is 0 Å². The van der Waals surface area contributed by atoms with E-state index >= 15 is 0 Å². The van der Waals surface area contributed by atoms with Gasteiger partial charge in [0.05, 0.1) is 5.69 Å². The molecule has 1 aliphatic rings. The van der Waals surface area contributed by atoms with Crippen LogP contribution < -0.4 is 5.73 Å². The molecule has 0 aliphatic heterocycles. The molecule has 0 saturated carbocycles. The molecule has 14 heavy (non-hydrogen) atoms. The zero-order valence-electron chi connectivity index (χ0n) is 8.58. The number of hydrogen-bond donors (Lipinski definition) is 1. The van der Waals surface area contributed by atoms with Crippen LogP contribution in [0.4, 0.5) is 0 Å². The minimum absolute atomic E-state index is 0.148. The summed E-state index contributed by atoms with van der Waals surface area (Å²) in [6, 6.07) is 0.148. The molecule has 4 heteroatoms. The zero-order chi connectivity index (χ0) is 10.1. The summed E-state index contributed by atoms with van der Waals surface area (Å²) in [5, 5.41) is 0.871. The summed E-state index contributed by atoms with van der Waals surface area (Å²) in [7, 11) is 0. The van der Waals surface area contributed by atoms with Crippen LogP contribution in [0.2, 0.25) is 0 Å². The summed E-state index contributed by atoms with van der Waals surface area (Å²) in [6.45, 7) is 2.03. The Labute approximate surface area is 88.5 Å². The second-order valence-electron chi connectivity index (χ2n) is 3.65. The van der Waals surface area contributed by atoms with Crippen molar-refractivity contribution in [3.63, 3.8) is 0 Å². The summed E-state index contributed by atoms with van der Waals surface area (Å²) in [5.41, 5.74) is 9.47. The normalized spacial score (nSPS) is 20.6. The van der Waals surface area contributed by atoms with Gasteiger partial charge in [-0.1, -0.05) is 11.8 Å². The molecule has 1 unspecified atom stereocenters. The molecule has 76 valence electrons. The Bertz CT molecular complexity index is 351. The third kappa shape index (κ3) is 1.64. The number of rotatable bonds is 1. The topological polar surface area (TPSA) is 51.8 Å². The van der Waals surface area contributed by atoms with Gasteiger partial charge in [0.2, 0.25) is 0 Å². The predicted octanol–water partition coefficient (Wildman–Crippen LogP) is 1.84. The quantitative estimate of drug-likeness (QED) is 0.566. The van der Waals surface area contributed by atoms with Gasteiger partial charge in [-0.25, -0.2) is 9.97 Å². The van der Waals surface area contributed by atoms with Gasteiger partial charge in [-0.15, -0.1) is 0 Å². The summed E-state index contributed by atoms with van der Waals surface area (Å²) in [6.07, 6.45) is 5.28. The molecule has 0 fully saturated rings. The molecule has 0 bridgehead atoms. The largest absolute Gasteiger partial charge is 0.324 e. The van der Waals surface area contributed by atoms with Gasteiger partial charge < -0.3 is 5.73 Å². The van der Waals surface area contributed by atoms with Crippen LogP contribution in [-0.4, -0.2) is 16.2 Å². The zero-order valence-corrected chi connectivity index (χ0v) is 9.40. The Morgan fingerprint density at radius 3 is 2.93 bits per heavy atom. The average Bonchev–Trinajstić information content (AvgIpc) is 2.17. The molecule has 3 nitrogen and oxygen atoms in total. The Hall–Kier alpha value is -0.610. The van der Waals surface area contributed by atoms with Gasteiger partial charge >= 0.3 is 0 Å². The number of aryl methyl sites for hydroxylation is 2. The SMILES string of the molecule is CSc1nc(C)c2c(n1)CCCC2N. The maximum absolute atomic E-state index is 6.05. The fraction of sp³-hybridized carbons (Fsp3) is 0.600. The summed E-state index contributed by atoms with van der Waals surface area (Å²) < 4.78 is 0. The lowest BCUT2D eigenvalue weighted by Crippen LogP contribution is -2.21. The lowest BCUT2D eigenvalue weighted by molar-refractivity contribution is 0.545. The van der Waals surface area contributed by atoms with E-state index in [0.717, 1.165) is 30.1 Å². The average molecular weight is 209 g/mol. The van der Waals surface area contributed by atoms with Crippen molar-refractivity contribution in [2.45, 2.75) is 37.4 Å². The highest BCUT2D eigenvalue weighted by Gasteiger charge is 2.21. The Morgan fingerprint density at radius 1 is 1.43 bits per heavy atom. The molecule has 0 aromatic carbocycles. The van der Waals surface area contributed by atoms with Crippen LogP contribution in [0, 0.1) is 6.92 Å². The van der Waals surface area contributed by atoms with Gasteiger partial charge in [-0.2, -0.15) is 0 Å². The van der Waals surface area contributed by atoms with E-state index in [2.05, 4.69) is 9.97 Å². The van der Waals surface area contributed by atoms with Crippen molar-refractivity contribution >= 4 is 11.8 Å². The van der Waals surface area contributed by atoms with E-state index in [-0.39, 0.29) is 6.04 Å². The first-order chi connectivity index (χ1) is 6.72. The van der Waals surface area contributed by atoms with Gasteiger partial charge in [0.1, 0.15) is 0 Å². The number of nitrogens with two attached hydrogens (primary N) is 1. The lowest BCUT2D eigenvalue weighted by Gasteiger charge is -2.22. The van der Waals surface area contributed by atoms with Crippen molar-refractivity contribution in [2.75, 3.05) is 6.26 Å². The van der Waals surface area contributed by atoms with Crippen molar-refractivity contribution < 1.29 is 0 Å². The fourth-order valence-electron chi connectivity index (χ4n) is 2.01. The third-order valence-electron chi connectivity index (χ3n) is 2.68.